The molecular weight excluding hydrogens is 183 g/mol. The molecule has 0 aliphatic rings. The van der Waals surface area contributed by atoms with Crippen LogP contribution < -0.4 is 11.1 Å². The largest absolute Gasteiger partial charge is 0.330 e. The average molecular weight is 203 g/mol. The second-order valence-electron chi connectivity index (χ2n) is 2.57. The Morgan fingerprint density at radius 2 is 1.82 bits per heavy atom. The highest BCUT2D eigenvalue weighted by Gasteiger charge is 1.97. The van der Waals surface area contributed by atoms with Gasteiger partial charge in [0.1, 0.15) is 0 Å². The third-order valence-electron chi connectivity index (χ3n) is 1.55. The van der Waals surface area contributed by atoms with Gasteiger partial charge in [-0.1, -0.05) is 6.92 Å². The number of hydrogen-bond acceptors (Lipinski definition) is 2. The van der Waals surface area contributed by atoms with E-state index in [1.54, 1.807) is 0 Å². The first-order chi connectivity index (χ1) is 4.31. The first-order valence-electron chi connectivity index (χ1n) is 3.66. The number of hydrogen-bond donors (Lipinski definition) is 2. The summed E-state index contributed by atoms with van der Waals surface area (Å²) in [6.45, 7) is 4.18. The number of nitrogens with one attached hydrogen (secondary N) is 1. The molecule has 0 aromatic rings. The van der Waals surface area contributed by atoms with E-state index >= 15 is 0 Å². The molecule has 0 amide bonds. The number of nitrogens with two attached hydrogens (primary N) is 1. The van der Waals surface area contributed by atoms with Gasteiger partial charge in [-0.05, 0) is 38.9 Å². The normalized spacial score (nSPS) is 11.2. The molecule has 0 aromatic heterocycles. The molecule has 0 aliphatic carbocycles. The Bertz CT molecular complexity index is 62.4. The van der Waals surface area contributed by atoms with Gasteiger partial charge in [-0.25, -0.2) is 0 Å². The topological polar surface area (TPSA) is 38.0 Å². The summed E-state index contributed by atoms with van der Waals surface area (Å²) in [5, 5.41) is 3.12. The van der Waals surface area contributed by atoms with Crippen LogP contribution in [0.1, 0.15) is 19.8 Å². The van der Waals surface area contributed by atoms with Crippen molar-refractivity contribution in [3.63, 3.8) is 0 Å². The van der Waals surface area contributed by atoms with Crippen molar-refractivity contribution in [1.82, 2.24) is 5.32 Å². The van der Waals surface area contributed by atoms with Crippen molar-refractivity contribution in [2.75, 3.05) is 20.1 Å². The summed E-state index contributed by atoms with van der Waals surface area (Å²) in [4.78, 5) is 0. The van der Waals surface area contributed by atoms with Crippen molar-refractivity contribution < 1.29 is 0 Å². The van der Waals surface area contributed by atoms with Gasteiger partial charge in [0.15, 0.2) is 0 Å². The summed E-state index contributed by atoms with van der Waals surface area (Å²) in [5.74, 6) is 0.780. The molecule has 0 unspecified atom stereocenters. The van der Waals surface area contributed by atoms with E-state index in [0.29, 0.717) is 0 Å². The number of halogens is 2. The minimum atomic E-state index is 0. The lowest BCUT2D eigenvalue weighted by Gasteiger charge is -2.07. The summed E-state index contributed by atoms with van der Waals surface area (Å²) in [6.07, 6.45) is 2.40. The summed E-state index contributed by atoms with van der Waals surface area (Å²) in [7, 11) is 1.98. The van der Waals surface area contributed by atoms with Crippen molar-refractivity contribution in [2.24, 2.45) is 11.7 Å². The minimum Gasteiger partial charge on any atom is -0.330 e. The van der Waals surface area contributed by atoms with E-state index in [-0.39, 0.29) is 24.8 Å². The van der Waals surface area contributed by atoms with Crippen LogP contribution in [0.2, 0.25) is 0 Å². The molecule has 0 aromatic carbocycles. The zero-order valence-corrected chi connectivity index (χ0v) is 8.93. The van der Waals surface area contributed by atoms with Gasteiger partial charge in [0.2, 0.25) is 0 Å². The Morgan fingerprint density at radius 1 is 1.27 bits per heavy atom. The van der Waals surface area contributed by atoms with Crippen LogP contribution in [0.25, 0.3) is 0 Å². The fourth-order valence-electron chi connectivity index (χ4n) is 0.820. The van der Waals surface area contributed by atoms with Crippen LogP contribution >= 0.6 is 24.8 Å². The first-order valence-corrected chi connectivity index (χ1v) is 3.66. The highest BCUT2D eigenvalue weighted by molar-refractivity contribution is 5.85. The Balaban J connectivity index is -0.000000320. The lowest BCUT2D eigenvalue weighted by Crippen LogP contribution is -2.13. The molecule has 0 aliphatic heterocycles. The summed E-state index contributed by atoms with van der Waals surface area (Å²) in [6, 6.07) is 0. The average Bonchev–Trinajstić information content (AvgIpc) is 1.85. The fraction of sp³-hybridized carbons (Fsp3) is 1.00. The quantitative estimate of drug-likeness (QED) is 0.709. The van der Waals surface area contributed by atoms with Crippen molar-refractivity contribution in [3.05, 3.63) is 0 Å². The third-order valence-corrected chi connectivity index (χ3v) is 1.55. The van der Waals surface area contributed by atoms with Gasteiger partial charge in [0, 0.05) is 0 Å². The first kappa shape index (κ1) is 17.5. The highest BCUT2D eigenvalue weighted by atomic mass is 35.5. The predicted octanol–water partition coefficient (Wildman–Crippen LogP) is 1.42. The Kier molecular flexibility index (Phi) is 20.9. The smallest absolute Gasteiger partial charge is 0.00494 e. The molecule has 0 radical (unpaired) electrons. The minimum absolute atomic E-state index is 0. The van der Waals surface area contributed by atoms with E-state index < -0.39 is 0 Å². The van der Waals surface area contributed by atoms with Crippen molar-refractivity contribution in [2.45, 2.75) is 19.8 Å². The van der Waals surface area contributed by atoms with Crippen LogP contribution in [0.4, 0.5) is 0 Å². The van der Waals surface area contributed by atoms with Gasteiger partial charge in [0.25, 0.3) is 0 Å². The van der Waals surface area contributed by atoms with E-state index in [9.17, 15) is 0 Å². The van der Waals surface area contributed by atoms with Crippen molar-refractivity contribution >= 4 is 24.8 Å². The maximum absolute atomic E-state index is 5.38. The third kappa shape index (κ3) is 13.5. The van der Waals surface area contributed by atoms with Crippen LogP contribution in [0.3, 0.4) is 0 Å². The SMILES string of the molecule is CNCC[C@@H](C)CCN.Cl.Cl. The van der Waals surface area contributed by atoms with Gasteiger partial charge < -0.3 is 11.1 Å². The second-order valence-corrected chi connectivity index (χ2v) is 2.57. The van der Waals surface area contributed by atoms with Crippen LogP contribution in [0.15, 0.2) is 0 Å². The Morgan fingerprint density at radius 3 is 2.18 bits per heavy atom. The zero-order chi connectivity index (χ0) is 7.11. The highest BCUT2D eigenvalue weighted by Crippen LogP contribution is 2.03. The molecule has 3 N–H and O–H groups in total. The molecule has 0 fully saturated rings. The molecule has 1 atom stereocenters. The maximum atomic E-state index is 5.38. The molecular formula is C7H20Cl2N2. The van der Waals surface area contributed by atoms with Crippen LogP contribution in [0.5, 0.6) is 0 Å². The molecule has 0 spiro atoms. The van der Waals surface area contributed by atoms with Crippen molar-refractivity contribution in [3.8, 4) is 0 Å². The molecule has 0 saturated carbocycles. The van der Waals surface area contributed by atoms with Crippen LogP contribution in [0, 0.1) is 5.92 Å². The van der Waals surface area contributed by atoms with Gasteiger partial charge in [-0.2, -0.15) is 0 Å². The van der Waals surface area contributed by atoms with Gasteiger partial charge in [-0.15, -0.1) is 24.8 Å². The van der Waals surface area contributed by atoms with E-state index in [1.807, 2.05) is 7.05 Å². The maximum Gasteiger partial charge on any atom is -0.00494 e. The lowest BCUT2D eigenvalue weighted by atomic mass is 10.0. The van der Waals surface area contributed by atoms with Crippen LogP contribution in [-0.4, -0.2) is 20.1 Å². The fourth-order valence-corrected chi connectivity index (χ4v) is 0.820. The van der Waals surface area contributed by atoms with Gasteiger partial charge in [-0.3, -0.25) is 0 Å². The van der Waals surface area contributed by atoms with E-state index in [4.69, 9.17) is 5.73 Å². The Labute approximate surface area is 82.1 Å². The molecule has 0 heterocycles. The van der Waals surface area contributed by atoms with E-state index in [1.165, 1.54) is 6.42 Å². The summed E-state index contributed by atoms with van der Waals surface area (Å²) >= 11 is 0. The van der Waals surface area contributed by atoms with E-state index in [0.717, 1.165) is 25.4 Å². The van der Waals surface area contributed by atoms with Crippen molar-refractivity contribution in [1.29, 1.82) is 0 Å². The second kappa shape index (κ2) is 13.1. The molecule has 0 bridgehead atoms. The molecule has 72 valence electrons. The zero-order valence-electron chi connectivity index (χ0n) is 7.30. The monoisotopic (exact) mass is 202 g/mol. The predicted molar refractivity (Wildman–Crippen MR) is 55.9 cm³/mol. The molecule has 0 saturated heterocycles. The molecule has 0 rings (SSSR count). The van der Waals surface area contributed by atoms with Gasteiger partial charge in [0.05, 0.1) is 0 Å². The molecule has 2 nitrogen and oxygen atoms in total. The molecule has 11 heavy (non-hydrogen) atoms. The summed E-state index contributed by atoms with van der Waals surface area (Å²) < 4.78 is 0. The molecule has 4 heteroatoms. The Hall–Kier alpha value is 0.500. The lowest BCUT2D eigenvalue weighted by molar-refractivity contribution is 0.488. The van der Waals surface area contributed by atoms with Crippen LogP contribution in [-0.2, 0) is 0 Å². The summed E-state index contributed by atoms with van der Waals surface area (Å²) in [5.41, 5.74) is 5.38. The van der Waals surface area contributed by atoms with Gasteiger partial charge >= 0.3 is 0 Å². The number of rotatable bonds is 5. The standard InChI is InChI=1S/C7H18N2.2ClH/c1-7(3-5-8)4-6-9-2;;/h7,9H,3-6,8H2,1-2H3;2*1H/t7-;;/m0../s1. The van der Waals surface area contributed by atoms with E-state index in [2.05, 4.69) is 12.2 Å².